The van der Waals surface area contributed by atoms with Crippen molar-refractivity contribution in [3.8, 4) is 11.4 Å². The molecule has 2 heterocycles. The van der Waals surface area contributed by atoms with Gasteiger partial charge in [0.25, 0.3) is 0 Å². The number of nitrogens with one attached hydrogen (secondary N) is 1. The highest BCUT2D eigenvalue weighted by Gasteiger charge is 2.24. The highest BCUT2D eigenvalue weighted by atomic mass is 32.2. The quantitative estimate of drug-likeness (QED) is 0.641. The van der Waals surface area contributed by atoms with E-state index in [-0.39, 0.29) is 11.2 Å². The minimum Gasteiger partial charge on any atom is -0.469 e. The Balaban J connectivity index is 1.67. The van der Waals surface area contributed by atoms with Gasteiger partial charge in [-0.05, 0) is 32.8 Å². The number of carbonyl (C=O) groups is 1. The van der Waals surface area contributed by atoms with Crippen LogP contribution in [0, 0.1) is 6.92 Å². The first kappa shape index (κ1) is 15.9. The van der Waals surface area contributed by atoms with Crippen LogP contribution in [-0.4, -0.2) is 32.1 Å². The van der Waals surface area contributed by atoms with Crippen LogP contribution in [-0.2, 0) is 4.79 Å². The number of thioether (sulfide) groups is 1. The van der Waals surface area contributed by atoms with Crippen molar-refractivity contribution in [3.63, 3.8) is 0 Å². The molecule has 1 fully saturated rings. The molecule has 0 saturated heterocycles. The fourth-order valence-corrected chi connectivity index (χ4v) is 3.54. The number of amides is 1. The smallest absolute Gasteiger partial charge is 0.233 e. The number of furan rings is 1. The first-order valence-corrected chi connectivity index (χ1v) is 8.66. The van der Waals surface area contributed by atoms with Crippen LogP contribution in [0.3, 0.4) is 0 Å². The predicted molar refractivity (Wildman–Crippen MR) is 88.3 cm³/mol. The first-order chi connectivity index (χ1) is 11.1. The number of aryl methyl sites for hydroxylation is 1. The van der Waals surface area contributed by atoms with Crippen LogP contribution in [0.5, 0.6) is 0 Å². The molecule has 1 amide bonds. The third-order valence-corrected chi connectivity index (χ3v) is 5.17. The van der Waals surface area contributed by atoms with Gasteiger partial charge < -0.3 is 15.6 Å². The Morgan fingerprint density at radius 3 is 2.87 bits per heavy atom. The summed E-state index contributed by atoms with van der Waals surface area (Å²) in [5.41, 5.74) is 0.801. The van der Waals surface area contributed by atoms with Crippen molar-refractivity contribution in [1.29, 1.82) is 0 Å². The topological polar surface area (TPSA) is 99.0 Å². The van der Waals surface area contributed by atoms with Crippen LogP contribution in [0.2, 0.25) is 0 Å². The summed E-state index contributed by atoms with van der Waals surface area (Å²) in [5, 5.41) is 11.5. The highest BCUT2D eigenvalue weighted by molar-refractivity contribution is 8.00. The number of rotatable bonds is 5. The maximum Gasteiger partial charge on any atom is 0.233 e. The Kier molecular flexibility index (Phi) is 4.61. The van der Waals surface area contributed by atoms with Crippen molar-refractivity contribution in [2.75, 3.05) is 5.84 Å². The van der Waals surface area contributed by atoms with Crippen LogP contribution >= 0.6 is 11.8 Å². The minimum atomic E-state index is -0.277. The Morgan fingerprint density at radius 1 is 1.48 bits per heavy atom. The molecule has 23 heavy (non-hydrogen) atoms. The summed E-state index contributed by atoms with van der Waals surface area (Å²) < 4.78 is 6.67. The summed E-state index contributed by atoms with van der Waals surface area (Å²) in [7, 11) is 0. The average Bonchev–Trinajstić information content (AvgIpc) is 3.23. The van der Waals surface area contributed by atoms with Gasteiger partial charge in [0.1, 0.15) is 5.76 Å². The Hall–Kier alpha value is -1.96. The van der Waals surface area contributed by atoms with Crippen LogP contribution in [0.1, 0.15) is 38.4 Å². The Morgan fingerprint density at radius 2 is 2.22 bits per heavy atom. The molecule has 3 rings (SSSR count). The van der Waals surface area contributed by atoms with Crippen LogP contribution in [0.4, 0.5) is 0 Å². The molecule has 1 atom stereocenters. The second kappa shape index (κ2) is 6.66. The predicted octanol–water partition coefficient (Wildman–Crippen LogP) is 2.10. The summed E-state index contributed by atoms with van der Waals surface area (Å²) >= 11 is 1.31. The van der Waals surface area contributed by atoms with Crippen molar-refractivity contribution in [2.24, 2.45) is 0 Å². The summed E-state index contributed by atoms with van der Waals surface area (Å²) in [4.78, 5) is 12.3. The van der Waals surface area contributed by atoms with Gasteiger partial charge in [-0.3, -0.25) is 4.79 Å². The van der Waals surface area contributed by atoms with Crippen LogP contribution in [0.25, 0.3) is 11.4 Å². The van der Waals surface area contributed by atoms with Crippen molar-refractivity contribution < 1.29 is 9.21 Å². The van der Waals surface area contributed by atoms with E-state index in [1.54, 1.807) is 12.3 Å². The number of hydrogen-bond donors (Lipinski definition) is 2. The van der Waals surface area contributed by atoms with E-state index in [0.717, 1.165) is 24.2 Å². The van der Waals surface area contributed by atoms with E-state index in [2.05, 4.69) is 15.5 Å². The monoisotopic (exact) mass is 335 g/mol. The molecular weight excluding hydrogens is 314 g/mol. The molecule has 0 spiro atoms. The molecule has 0 aliphatic heterocycles. The molecule has 3 N–H and O–H groups in total. The van der Waals surface area contributed by atoms with Crippen molar-refractivity contribution in [3.05, 3.63) is 18.1 Å². The van der Waals surface area contributed by atoms with Gasteiger partial charge in [-0.1, -0.05) is 24.6 Å². The molecule has 124 valence electrons. The zero-order chi connectivity index (χ0) is 16.4. The van der Waals surface area contributed by atoms with Gasteiger partial charge in [0.05, 0.1) is 17.1 Å². The number of aromatic nitrogens is 3. The molecule has 7 nitrogen and oxygen atoms in total. The third-order valence-electron chi connectivity index (χ3n) is 4.12. The fraction of sp³-hybridized carbons (Fsp3) is 0.533. The lowest BCUT2D eigenvalue weighted by Gasteiger charge is -2.15. The Labute approximate surface area is 139 Å². The lowest BCUT2D eigenvalue weighted by Crippen LogP contribution is -2.37. The molecule has 8 heteroatoms. The highest BCUT2D eigenvalue weighted by Crippen LogP contribution is 2.27. The Bertz CT molecular complexity index is 690. The molecule has 1 saturated carbocycles. The summed E-state index contributed by atoms with van der Waals surface area (Å²) in [6.07, 6.45) is 6.11. The van der Waals surface area contributed by atoms with Crippen LogP contribution in [0.15, 0.2) is 21.9 Å². The lowest BCUT2D eigenvalue weighted by atomic mass is 10.2. The van der Waals surface area contributed by atoms with Gasteiger partial charge in [0.15, 0.2) is 5.82 Å². The summed E-state index contributed by atoms with van der Waals surface area (Å²) in [6.45, 7) is 3.70. The SMILES string of the molecule is Cc1occc1-c1nnc(SC(C)C(=O)NC2CCCC2)n1N. The number of nitrogens with zero attached hydrogens (tertiary/aromatic N) is 3. The largest absolute Gasteiger partial charge is 0.469 e. The summed E-state index contributed by atoms with van der Waals surface area (Å²) in [6, 6.07) is 2.11. The van der Waals surface area contributed by atoms with Gasteiger partial charge in [0.2, 0.25) is 11.1 Å². The van der Waals surface area contributed by atoms with Gasteiger partial charge in [-0.15, -0.1) is 10.2 Å². The van der Waals surface area contributed by atoms with E-state index >= 15 is 0 Å². The minimum absolute atomic E-state index is 0.0194. The zero-order valence-electron chi connectivity index (χ0n) is 13.3. The van der Waals surface area contributed by atoms with E-state index in [1.807, 2.05) is 13.8 Å². The van der Waals surface area contributed by atoms with E-state index in [0.29, 0.717) is 17.0 Å². The van der Waals surface area contributed by atoms with E-state index < -0.39 is 0 Å². The molecular formula is C15H21N5O2S. The number of carbonyl (C=O) groups excluding carboxylic acids is 1. The molecule has 2 aromatic heterocycles. The molecule has 0 bridgehead atoms. The summed E-state index contributed by atoms with van der Waals surface area (Å²) in [5.74, 6) is 7.35. The normalized spacial score (nSPS) is 16.6. The van der Waals surface area contributed by atoms with Gasteiger partial charge in [0, 0.05) is 6.04 Å². The van der Waals surface area contributed by atoms with Crippen molar-refractivity contribution in [2.45, 2.75) is 56.0 Å². The second-order valence-corrected chi connectivity index (χ2v) is 7.12. The van der Waals surface area contributed by atoms with E-state index in [1.165, 1.54) is 29.3 Å². The average molecular weight is 335 g/mol. The number of hydrogen-bond acceptors (Lipinski definition) is 6. The molecule has 0 aromatic carbocycles. The maximum absolute atomic E-state index is 12.3. The third kappa shape index (κ3) is 3.36. The lowest BCUT2D eigenvalue weighted by molar-refractivity contribution is -0.120. The van der Waals surface area contributed by atoms with E-state index in [4.69, 9.17) is 10.3 Å². The van der Waals surface area contributed by atoms with Gasteiger partial charge >= 0.3 is 0 Å². The second-order valence-electron chi connectivity index (χ2n) is 5.82. The zero-order valence-corrected chi connectivity index (χ0v) is 14.1. The van der Waals surface area contributed by atoms with E-state index in [9.17, 15) is 4.79 Å². The molecule has 1 aliphatic rings. The fourth-order valence-electron chi connectivity index (χ4n) is 2.76. The molecule has 1 aliphatic carbocycles. The molecule has 0 radical (unpaired) electrons. The maximum atomic E-state index is 12.3. The first-order valence-electron chi connectivity index (χ1n) is 7.78. The molecule has 1 unspecified atom stereocenters. The van der Waals surface area contributed by atoms with Gasteiger partial charge in [-0.2, -0.15) is 0 Å². The number of nitrogen functional groups attached to an aromatic ring is 1. The van der Waals surface area contributed by atoms with Crippen LogP contribution < -0.4 is 11.2 Å². The van der Waals surface area contributed by atoms with Gasteiger partial charge in [-0.25, -0.2) is 4.68 Å². The van der Waals surface area contributed by atoms with Crippen molar-refractivity contribution >= 4 is 17.7 Å². The standard InChI is InChI=1S/C15H21N5O2S/c1-9-12(7-8-22-9)13-18-19-15(20(13)16)23-10(2)14(21)17-11-5-3-4-6-11/h7-8,10-11H,3-6,16H2,1-2H3,(H,17,21). The molecule has 2 aromatic rings. The number of nitrogens with two attached hydrogens (primary N) is 1. The van der Waals surface area contributed by atoms with Crippen molar-refractivity contribution in [1.82, 2.24) is 20.2 Å².